The maximum absolute atomic E-state index is 14.7. The average molecular weight is 561 g/mol. The van der Waals surface area contributed by atoms with Gasteiger partial charge in [0.1, 0.15) is 11.4 Å². The van der Waals surface area contributed by atoms with E-state index in [0.717, 1.165) is 4.57 Å². The second kappa shape index (κ2) is 10.1. The van der Waals surface area contributed by atoms with Crippen LogP contribution in [0.3, 0.4) is 0 Å². The average Bonchev–Trinajstić information content (AvgIpc) is 3.49. The lowest BCUT2D eigenvalue weighted by molar-refractivity contribution is -0.143. The van der Waals surface area contributed by atoms with E-state index in [-0.39, 0.29) is 35.0 Å². The summed E-state index contributed by atoms with van der Waals surface area (Å²) in [4.78, 5) is 17.6. The lowest BCUT2D eigenvalue weighted by atomic mass is 10.1. The van der Waals surface area contributed by atoms with Crippen LogP contribution < -0.4 is 4.74 Å². The second-order valence-electron chi connectivity index (χ2n) is 8.14. The molecule has 0 fully saturated rings. The molecule has 0 unspecified atom stereocenters. The summed E-state index contributed by atoms with van der Waals surface area (Å²) >= 11 is 12.3. The van der Waals surface area contributed by atoms with Gasteiger partial charge >= 0.3 is 6.18 Å². The molecule has 0 aliphatic rings. The molecular formula is C26H17Cl2F3N4O3. The lowest BCUT2D eigenvalue weighted by Crippen LogP contribution is -2.19. The third-order valence-corrected chi connectivity index (χ3v) is 6.30. The highest BCUT2D eigenvalue weighted by atomic mass is 35.5. The summed E-state index contributed by atoms with van der Waals surface area (Å²) in [6.45, 7) is 1.73. The van der Waals surface area contributed by atoms with E-state index in [9.17, 15) is 18.0 Å². The van der Waals surface area contributed by atoms with Crippen LogP contribution in [-0.2, 0) is 12.7 Å². The molecule has 0 aliphatic heterocycles. The van der Waals surface area contributed by atoms with Crippen molar-refractivity contribution >= 4 is 39.9 Å². The highest BCUT2D eigenvalue weighted by Gasteiger charge is 2.42. The van der Waals surface area contributed by atoms with E-state index in [1.807, 2.05) is 0 Å². The Morgan fingerprint density at radius 1 is 1.11 bits per heavy atom. The summed E-state index contributed by atoms with van der Waals surface area (Å²) < 4.78 is 56.0. The smallest absolute Gasteiger partial charge is 0.432 e. The molecule has 0 bridgehead atoms. The fraction of sp³-hybridized carbons (Fsp3) is 0.154. The SMILES string of the molecule is CCOc1ccc2c(c1)c(C(=O)c1nnc(-c3cccnc3)o1)c(C(F)(F)F)n2Cc1ccc(Cl)cc1Cl. The summed E-state index contributed by atoms with van der Waals surface area (Å²) in [7, 11) is 0. The zero-order valence-electron chi connectivity index (χ0n) is 19.6. The molecule has 12 heteroatoms. The van der Waals surface area contributed by atoms with Crippen molar-refractivity contribution in [1.82, 2.24) is 19.7 Å². The number of hydrogen-bond donors (Lipinski definition) is 0. The van der Waals surface area contributed by atoms with Crippen LogP contribution in [0.5, 0.6) is 5.75 Å². The molecule has 0 atom stereocenters. The molecule has 7 nitrogen and oxygen atoms in total. The lowest BCUT2D eigenvalue weighted by Gasteiger charge is -2.15. The first-order chi connectivity index (χ1) is 18.2. The van der Waals surface area contributed by atoms with Crippen molar-refractivity contribution in [2.75, 3.05) is 6.61 Å². The van der Waals surface area contributed by atoms with Gasteiger partial charge in [0.25, 0.3) is 11.7 Å². The van der Waals surface area contributed by atoms with Crippen molar-refractivity contribution in [2.24, 2.45) is 0 Å². The predicted octanol–water partition coefficient (Wildman–Crippen LogP) is 7.09. The molecule has 0 N–H and O–H groups in total. The molecule has 0 saturated carbocycles. The molecule has 2 aromatic carbocycles. The monoisotopic (exact) mass is 560 g/mol. The van der Waals surface area contributed by atoms with Crippen molar-refractivity contribution in [1.29, 1.82) is 0 Å². The normalized spacial score (nSPS) is 11.7. The predicted molar refractivity (Wildman–Crippen MR) is 135 cm³/mol. The third kappa shape index (κ3) is 4.84. The fourth-order valence-corrected chi connectivity index (χ4v) is 4.60. The Kier molecular flexibility index (Phi) is 6.85. The summed E-state index contributed by atoms with van der Waals surface area (Å²) in [6, 6.07) is 12.1. The highest BCUT2D eigenvalue weighted by molar-refractivity contribution is 6.35. The van der Waals surface area contributed by atoms with Gasteiger partial charge in [-0.25, -0.2) is 0 Å². The van der Waals surface area contributed by atoms with Crippen LogP contribution in [0.25, 0.3) is 22.4 Å². The summed E-state index contributed by atoms with van der Waals surface area (Å²) in [5.74, 6) is -1.44. The first-order valence-electron chi connectivity index (χ1n) is 11.3. The number of benzene rings is 2. The number of aromatic nitrogens is 4. The number of fused-ring (bicyclic) bond motifs is 1. The molecule has 0 saturated heterocycles. The minimum atomic E-state index is -4.93. The van der Waals surface area contributed by atoms with Gasteiger partial charge in [0.2, 0.25) is 5.89 Å². The van der Waals surface area contributed by atoms with Crippen LogP contribution >= 0.6 is 23.2 Å². The van der Waals surface area contributed by atoms with Crippen LogP contribution in [0.1, 0.15) is 34.4 Å². The van der Waals surface area contributed by atoms with Crippen LogP contribution in [0.4, 0.5) is 13.2 Å². The number of halogens is 5. The Hall–Kier alpha value is -3.89. The number of carbonyl (C=O) groups excluding carboxylic acids is 1. The van der Waals surface area contributed by atoms with Crippen molar-refractivity contribution in [2.45, 2.75) is 19.6 Å². The van der Waals surface area contributed by atoms with Crippen molar-refractivity contribution < 1.29 is 27.1 Å². The highest BCUT2D eigenvalue weighted by Crippen LogP contribution is 2.41. The Bertz CT molecular complexity index is 1650. The topological polar surface area (TPSA) is 83.0 Å². The van der Waals surface area contributed by atoms with Gasteiger partial charge in [-0.15, -0.1) is 10.2 Å². The van der Waals surface area contributed by atoms with E-state index in [1.54, 1.807) is 19.1 Å². The van der Waals surface area contributed by atoms with E-state index in [4.69, 9.17) is 32.4 Å². The molecule has 0 radical (unpaired) electrons. The van der Waals surface area contributed by atoms with E-state index < -0.39 is 29.1 Å². The molecule has 5 rings (SSSR count). The molecule has 38 heavy (non-hydrogen) atoms. The number of hydrogen-bond acceptors (Lipinski definition) is 6. The minimum absolute atomic E-state index is 0.0134. The van der Waals surface area contributed by atoms with Gasteiger partial charge in [-0.3, -0.25) is 9.78 Å². The molecule has 3 heterocycles. The van der Waals surface area contributed by atoms with Gasteiger partial charge in [0.15, 0.2) is 0 Å². The van der Waals surface area contributed by atoms with Crippen LogP contribution in [0, 0.1) is 0 Å². The number of pyridine rings is 1. The van der Waals surface area contributed by atoms with Gasteiger partial charge in [0.05, 0.1) is 17.7 Å². The van der Waals surface area contributed by atoms with Crippen molar-refractivity contribution in [3.63, 3.8) is 0 Å². The number of rotatable bonds is 7. The van der Waals surface area contributed by atoms with E-state index in [1.165, 1.54) is 48.8 Å². The molecule has 5 aromatic rings. The Morgan fingerprint density at radius 2 is 1.92 bits per heavy atom. The Labute approximate surface area is 223 Å². The fourth-order valence-electron chi connectivity index (χ4n) is 4.13. The first-order valence-corrected chi connectivity index (χ1v) is 12.0. The molecule has 0 spiro atoms. The maximum Gasteiger partial charge on any atom is 0.432 e. The van der Waals surface area contributed by atoms with Gasteiger partial charge in [-0.05, 0) is 55.0 Å². The minimum Gasteiger partial charge on any atom is -0.494 e. The van der Waals surface area contributed by atoms with Crippen molar-refractivity contribution in [3.05, 3.63) is 93.7 Å². The summed E-state index contributed by atoms with van der Waals surface area (Å²) in [6.07, 6.45) is -1.97. The molecular weight excluding hydrogens is 544 g/mol. The summed E-state index contributed by atoms with van der Waals surface area (Å²) in [5.41, 5.74) is -0.891. The third-order valence-electron chi connectivity index (χ3n) is 5.71. The number of carbonyl (C=O) groups is 1. The number of alkyl halides is 3. The van der Waals surface area contributed by atoms with Crippen LogP contribution in [-0.4, -0.2) is 32.1 Å². The molecule has 194 valence electrons. The van der Waals surface area contributed by atoms with E-state index in [0.29, 0.717) is 21.9 Å². The Balaban J connectivity index is 1.73. The van der Waals surface area contributed by atoms with Gasteiger partial charge < -0.3 is 13.7 Å². The molecule has 3 aromatic heterocycles. The molecule has 0 amide bonds. The second-order valence-corrected chi connectivity index (χ2v) is 8.98. The zero-order valence-corrected chi connectivity index (χ0v) is 21.1. The molecule has 0 aliphatic carbocycles. The first kappa shape index (κ1) is 25.7. The summed E-state index contributed by atoms with van der Waals surface area (Å²) in [5, 5.41) is 8.10. The van der Waals surface area contributed by atoms with Crippen LogP contribution in [0.2, 0.25) is 10.0 Å². The maximum atomic E-state index is 14.7. The number of ketones is 1. The van der Waals surface area contributed by atoms with E-state index in [2.05, 4.69) is 15.2 Å². The van der Waals surface area contributed by atoms with Gasteiger partial charge in [-0.1, -0.05) is 29.3 Å². The number of nitrogens with zero attached hydrogens (tertiary/aromatic N) is 4. The largest absolute Gasteiger partial charge is 0.494 e. The van der Waals surface area contributed by atoms with Gasteiger partial charge in [-0.2, -0.15) is 13.2 Å². The van der Waals surface area contributed by atoms with Crippen LogP contribution in [0.15, 0.2) is 65.3 Å². The Morgan fingerprint density at radius 3 is 2.61 bits per heavy atom. The van der Waals surface area contributed by atoms with Gasteiger partial charge in [0, 0.05) is 39.9 Å². The zero-order chi connectivity index (χ0) is 27.0. The quantitative estimate of drug-likeness (QED) is 0.197. The standard InChI is InChI=1S/C26H17Cl2F3N4O3/c1-2-37-17-7-8-20-18(11-17)21(22(36)25-34-33-24(38-25)14-4-3-9-32-12-14)23(26(29,30)31)35(20)13-15-5-6-16(27)10-19(15)28/h3-12H,2,13H2,1H3. The van der Waals surface area contributed by atoms with Crippen molar-refractivity contribution in [3.8, 4) is 17.2 Å². The van der Waals surface area contributed by atoms with E-state index >= 15 is 0 Å². The number of ether oxygens (including phenoxy) is 1.